The Hall–Kier alpha value is -3.49. The van der Waals surface area contributed by atoms with E-state index >= 15 is 0 Å². The highest BCUT2D eigenvalue weighted by molar-refractivity contribution is 7.47. The Kier molecular flexibility index (Phi) is 29.3. The van der Waals surface area contributed by atoms with Gasteiger partial charge in [0.1, 0.15) is 43.2 Å². The van der Waals surface area contributed by atoms with Crippen molar-refractivity contribution in [3.05, 3.63) is 109 Å². The minimum absolute atomic E-state index is 0.0128. The maximum Gasteiger partial charge on any atom is 0.472 e. The second-order valence-corrected chi connectivity index (χ2v) is 14.6. The lowest BCUT2D eigenvalue weighted by atomic mass is 9.85. The van der Waals surface area contributed by atoms with E-state index in [4.69, 9.17) is 18.5 Å². The monoisotopic (exact) mass is 820 g/mol. The minimum atomic E-state index is -5.15. The van der Waals surface area contributed by atoms with E-state index in [-0.39, 0.29) is 12.8 Å². The fourth-order valence-corrected chi connectivity index (χ4v) is 6.12. The number of phosphoric acid groups is 1. The van der Waals surface area contributed by atoms with E-state index in [9.17, 15) is 44.6 Å². The first-order valence-corrected chi connectivity index (χ1v) is 21.3. The van der Waals surface area contributed by atoms with E-state index in [1.54, 1.807) is 0 Å². The fourth-order valence-electron chi connectivity index (χ4n) is 5.15. The lowest BCUT2D eigenvalue weighted by molar-refractivity contribution is -0.220. The number of aliphatic hydroxyl groups excluding tert-OH is 5. The van der Waals surface area contributed by atoms with E-state index in [0.717, 1.165) is 44.9 Å². The number of aliphatic hydroxyl groups is 5. The highest BCUT2D eigenvalue weighted by atomic mass is 31.2. The Morgan fingerprint density at radius 2 is 0.965 bits per heavy atom. The van der Waals surface area contributed by atoms with Crippen LogP contribution in [0.5, 0.6) is 0 Å². The van der Waals surface area contributed by atoms with E-state index in [1.807, 2.05) is 91.1 Å². The zero-order chi connectivity index (χ0) is 42.2. The summed E-state index contributed by atoms with van der Waals surface area (Å²) in [5.41, 5.74) is 0. The van der Waals surface area contributed by atoms with Crippen LogP contribution in [-0.4, -0.2) is 98.3 Å². The van der Waals surface area contributed by atoms with Crippen LogP contribution in [-0.2, 0) is 32.7 Å². The van der Waals surface area contributed by atoms with Gasteiger partial charge < -0.3 is 39.9 Å². The van der Waals surface area contributed by atoms with Crippen LogP contribution in [0.15, 0.2) is 109 Å². The number of hydrogen-bond acceptors (Lipinski definition) is 12. The smallest absolute Gasteiger partial charge is 0.462 e. The second-order valence-electron chi connectivity index (χ2n) is 13.2. The van der Waals surface area contributed by atoms with Gasteiger partial charge in [0.15, 0.2) is 6.10 Å². The molecule has 1 saturated carbocycles. The second kappa shape index (κ2) is 32.5. The number of phosphoric ester groups is 1. The molecule has 1 rings (SSSR count). The average molecular weight is 821 g/mol. The highest BCUT2D eigenvalue weighted by Crippen LogP contribution is 2.47. The van der Waals surface area contributed by atoms with Gasteiger partial charge in [0.2, 0.25) is 0 Å². The molecule has 6 N–H and O–H groups in total. The average Bonchev–Trinajstić information content (AvgIpc) is 3.19. The van der Waals surface area contributed by atoms with Gasteiger partial charge in [-0.05, 0) is 44.9 Å². The van der Waals surface area contributed by atoms with Gasteiger partial charge in [-0.3, -0.25) is 18.6 Å². The predicted molar refractivity (Wildman–Crippen MR) is 221 cm³/mol. The largest absolute Gasteiger partial charge is 0.472 e. The van der Waals surface area contributed by atoms with Crippen molar-refractivity contribution in [1.82, 2.24) is 0 Å². The van der Waals surface area contributed by atoms with E-state index in [1.165, 1.54) is 0 Å². The van der Waals surface area contributed by atoms with Gasteiger partial charge in [-0.1, -0.05) is 142 Å². The lowest BCUT2D eigenvalue weighted by Crippen LogP contribution is -2.64. The number of carbonyl (C=O) groups excluding carboxylic acids is 2. The number of rotatable bonds is 29. The molecule has 0 aromatic heterocycles. The number of allylic oxidation sites excluding steroid dienone is 18. The van der Waals surface area contributed by atoms with Crippen molar-refractivity contribution in [2.45, 2.75) is 134 Å². The van der Waals surface area contributed by atoms with Crippen molar-refractivity contribution in [1.29, 1.82) is 0 Å². The van der Waals surface area contributed by atoms with Gasteiger partial charge in [0, 0.05) is 12.8 Å². The zero-order valence-corrected chi connectivity index (χ0v) is 34.2. The first-order valence-electron chi connectivity index (χ1n) is 19.8. The van der Waals surface area contributed by atoms with Crippen LogP contribution < -0.4 is 0 Å². The normalized spacial score (nSPS) is 23.9. The quantitative estimate of drug-likeness (QED) is 0.0207. The molecule has 0 saturated heterocycles. The number of esters is 2. The van der Waals surface area contributed by atoms with Crippen LogP contribution in [0.2, 0.25) is 0 Å². The van der Waals surface area contributed by atoms with Crippen molar-refractivity contribution in [3.63, 3.8) is 0 Å². The molecule has 14 heteroatoms. The van der Waals surface area contributed by atoms with Gasteiger partial charge in [-0.2, -0.15) is 0 Å². The highest BCUT2D eigenvalue weighted by Gasteiger charge is 2.51. The van der Waals surface area contributed by atoms with Crippen LogP contribution in [0.3, 0.4) is 0 Å². The summed E-state index contributed by atoms with van der Waals surface area (Å²) in [5, 5.41) is 50.0. The molecule has 1 aliphatic carbocycles. The van der Waals surface area contributed by atoms with Crippen LogP contribution >= 0.6 is 7.82 Å². The van der Waals surface area contributed by atoms with Crippen LogP contribution in [0, 0.1) is 0 Å². The molecule has 0 aromatic carbocycles. The van der Waals surface area contributed by atoms with Crippen molar-refractivity contribution in [3.8, 4) is 0 Å². The van der Waals surface area contributed by atoms with Crippen LogP contribution in [0.1, 0.15) is 90.9 Å². The summed E-state index contributed by atoms with van der Waals surface area (Å²) in [5.74, 6) is -1.23. The molecule has 0 bridgehead atoms. The first-order chi connectivity index (χ1) is 27.4. The summed E-state index contributed by atoms with van der Waals surface area (Å²) in [6.45, 7) is 2.88. The summed E-state index contributed by atoms with van der Waals surface area (Å²) >= 11 is 0. The Morgan fingerprint density at radius 3 is 1.49 bits per heavy atom. The Bertz CT molecular complexity index is 1410. The SMILES string of the molecule is CC/C=C/C=C/C=C/C=C/C=C/CCCC(=O)OC(COC(=O)CCCCCCC/C=C/C=C/C=C/C=C/CC)COP(=O)(O)OC1C(O)C(O)C(O)[C@H](O)C1O. The van der Waals surface area contributed by atoms with Crippen molar-refractivity contribution in [2.24, 2.45) is 0 Å². The maximum atomic E-state index is 12.8. The van der Waals surface area contributed by atoms with Gasteiger partial charge in [-0.15, -0.1) is 0 Å². The van der Waals surface area contributed by atoms with Crippen molar-refractivity contribution < 1.29 is 63.1 Å². The minimum Gasteiger partial charge on any atom is -0.462 e. The molecule has 0 aliphatic heterocycles. The summed E-state index contributed by atoms with van der Waals surface area (Å²) in [6.07, 6.45) is 30.3. The van der Waals surface area contributed by atoms with E-state index in [0.29, 0.717) is 19.3 Å². The molecular weight excluding hydrogens is 755 g/mol. The summed E-state index contributed by atoms with van der Waals surface area (Å²) in [6, 6.07) is 0. The number of unbranched alkanes of at least 4 members (excludes halogenated alkanes) is 6. The number of carbonyl (C=O) groups is 2. The molecule has 0 amide bonds. The van der Waals surface area contributed by atoms with Crippen molar-refractivity contribution >= 4 is 19.8 Å². The first kappa shape index (κ1) is 51.5. The van der Waals surface area contributed by atoms with Gasteiger partial charge in [-0.25, -0.2) is 4.57 Å². The maximum absolute atomic E-state index is 12.8. The molecule has 0 heterocycles. The summed E-state index contributed by atoms with van der Waals surface area (Å²) in [4.78, 5) is 35.5. The molecule has 57 heavy (non-hydrogen) atoms. The van der Waals surface area contributed by atoms with E-state index < -0.39 is 75.7 Å². The Labute approximate surface area is 338 Å². The molecular formula is C43H65O13P. The molecule has 0 spiro atoms. The molecule has 13 nitrogen and oxygen atoms in total. The molecule has 1 aliphatic rings. The van der Waals surface area contributed by atoms with Gasteiger partial charge >= 0.3 is 19.8 Å². The zero-order valence-electron chi connectivity index (χ0n) is 33.3. The number of ether oxygens (including phenoxy) is 2. The summed E-state index contributed by atoms with van der Waals surface area (Å²) < 4.78 is 33.3. The molecule has 7 unspecified atom stereocenters. The Balaban J connectivity index is 2.61. The molecule has 0 aromatic rings. The third-order valence-corrected chi connectivity index (χ3v) is 9.32. The molecule has 8 atom stereocenters. The lowest BCUT2D eigenvalue weighted by Gasteiger charge is -2.41. The summed E-state index contributed by atoms with van der Waals surface area (Å²) in [7, 11) is -5.15. The van der Waals surface area contributed by atoms with Gasteiger partial charge in [0.25, 0.3) is 0 Å². The number of hydrogen-bond donors (Lipinski definition) is 6. The third kappa shape index (κ3) is 25.5. The standard InChI is InChI=1S/C43H65O13P/c1-3-5-7-9-11-13-15-17-18-20-21-23-25-27-29-31-36(44)53-33-35(34-54-57(51,52)56-43-41(49)39(47)38(46)40(48)42(43)50)55-37(45)32-30-28-26-24-22-19-16-14-12-10-8-6-4-2/h5-19,22,24,26,35,38-43,46-50H,3-4,20-21,23,25,27-34H2,1-2H3,(H,51,52)/b7-5+,8-6+,11-9+,12-10+,15-13+,16-14+,18-17+,22-19+,26-24+/t35?,38?,39-,40?,41?,42?,43?/m0/s1. The molecule has 1 fully saturated rings. The van der Waals surface area contributed by atoms with Crippen LogP contribution in [0.25, 0.3) is 0 Å². The van der Waals surface area contributed by atoms with Crippen LogP contribution in [0.4, 0.5) is 0 Å². The third-order valence-electron chi connectivity index (χ3n) is 8.33. The van der Waals surface area contributed by atoms with Crippen molar-refractivity contribution in [2.75, 3.05) is 13.2 Å². The molecule has 0 radical (unpaired) electrons. The fraction of sp³-hybridized carbons (Fsp3) is 0.535. The topological polar surface area (TPSA) is 210 Å². The van der Waals surface area contributed by atoms with E-state index in [2.05, 4.69) is 32.1 Å². The molecule has 320 valence electrons. The Morgan fingerprint density at radius 1 is 0.544 bits per heavy atom. The predicted octanol–water partition coefficient (Wildman–Crippen LogP) is 6.49. The van der Waals surface area contributed by atoms with Gasteiger partial charge in [0.05, 0.1) is 6.61 Å².